The molecule has 0 aromatic rings. The van der Waals surface area contributed by atoms with E-state index >= 15 is 0 Å². The minimum atomic E-state index is 0. The molecule has 0 aromatic heterocycles. The van der Waals surface area contributed by atoms with Crippen LogP contribution in [0.4, 0.5) is 0 Å². The van der Waals surface area contributed by atoms with Gasteiger partial charge in [0.1, 0.15) is 0 Å². The summed E-state index contributed by atoms with van der Waals surface area (Å²) in [7, 11) is 0. The van der Waals surface area contributed by atoms with Crippen LogP contribution in [-0.4, -0.2) is 12.6 Å². The van der Waals surface area contributed by atoms with Crippen molar-refractivity contribution < 1.29 is 50.4 Å². The summed E-state index contributed by atoms with van der Waals surface area (Å²) in [5, 5.41) is 0. The Morgan fingerprint density at radius 3 is 1.70 bits per heavy atom. The van der Waals surface area contributed by atoms with E-state index in [-0.39, 0.29) is 52.7 Å². The van der Waals surface area contributed by atoms with Crippen LogP contribution in [0.2, 0.25) is 0 Å². The molecule has 0 aliphatic rings. The third kappa shape index (κ3) is 13.8. The smallest absolute Gasteiger partial charge is 0.308 e. The number of hydrogen-bond acceptors (Lipinski definition) is 2. The van der Waals surface area contributed by atoms with E-state index in [1.165, 1.54) is 57.8 Å². The Morgan fingerprint density at radius 1 is 0.800 bits per heavy atom. The fourth-order valence-corrected chi connectivity index (χ4v) is 2.45. The Balaban J connectivity index is 0. The van der Waals surface area contributed by atoms with Crippen molar-refractivity contribution in [2.24, 2.45) is 5.92 Å². The predicted molar refractivity (Wildman–Crippen MR) is 82.3 cm³/mol. The predicted octanol–water partition coefficient (Wildman–Crippen LogP) is 5.50. The molecule has 0 heterocycles. The second-order valence-corrected chi connectivity index (χ2v) is 5.50. The zero-order chi connectivity index (χ0) is 14.3. The average Bonchev–Trinajstić information content (AvgIpc) is 2.41. The van der Waals surface area contributed by atoms with Crippen molar-refractivity contribution in [3.05, 3.63) is 0 Å². The molecule has 2 nitrogen and oxygen atoms in total. The Hall–Kier alpha value is 0.821. The molecule has 0 saturated heterocycles. The Kier molecular flexibility index (Phi) is 20.6. The molecule has 3 heteroatoms. The summed E-state index contributed by atoms with van der Waals surface area (Å²) >= 11 is 0. The van der Waals surface area contributed by atoms with E-state index in [1.807, 2.05) is 6.92 Å². The van der Waals surface area contributed by atoms with Crippen LogP contribution < -0.4 is 0 Å². The molecule has 0 fully saturated rings. The van der Waals surface area contributed by atoms with Gasteiger partial charge >= 0.3 is 5.97 Å². The van der Waals surface area contributed by atoms with Crippen LogP contribution in [0.1, 0.15) is 91.4 Å². The Morgan fingerprint density at radius 2 is 1.25 bits per heavy atom. The van der Waals surface area contributed by atoms with E-state index in [4.69, 9.17) is 4.74 Å². The normalized spacial score (nSPS) is 11.8. The summed E-state index contributed by atoms with van der Waals surface area (Å²) in [6, 6.07) is 0. The van der Waals surface area contributed by atoms with Crippen LogP contribution in [-0.2, 0) is 9.53 Å². The third-order valence-corrected chi connectivity index (χ3v) is 3.68. The monoisotopic (exact) mass is 412 g/mol. The van der Waals surface area contributed by atoms with Crippen molar-refractivity contribution >= 4 is 5.97 Å². The quantitative estimate of drug-likeness (QED) is 0.294. The molecular formula is C17H34NdO2. The first-order valence-electron chi connectivity index (χ1n) is 8.42. The summed E-state index contributed by atoms with van der Waals surface area (Å²) in [4.78, 5) is 11.9. The maximum atomic E-state index is 11.9. The molecule has 0 aliphatic heterocycles. The number of hydrogen-bond donors (Lipinski definition) is 0. The van der Waals surface area contributed by atoms with E-state index in [1.54, 1.807) is 0 Å². The maximum Gasteiger partial charge on any atom is 0.308 e. The summed E-state index contributed by atoms with van der Waals surface area (Å²) in [6.45, 7) is 6.86. The van der Waals surface area contributed by atoms with Gasteiger partial charge in [-0.25, -0.2) is 0 Å². The van der Waals surface area contributed by atoms with Crippen molar-refractivity contribution in [3.8, 4) is 0 Å². The minimum absolute atomic E-state index is 0. The molecule has 0 amide bonds. The number of rotatable bonds is 13. The van der Waals surface area contributed by atoms with E-state index in [0.29, 0.717) is 6.61 Å². The third-order valence-electron chi connectivity index (χ3n) is 3.68. The summed E-state index contributed by atoms with van der Waals surface area (Å²) in [5.41, 5.74) is 0. The van der Waals surface area contributed by atoms with Gasteiger partial charge in [-0.3, -0.25) is 4.79 Å². The van der Waals surface area contributed by atoms with Crippen LogP contribution in [0.5, 0.6) is 0 Å². The van der Waals surface area contributed by atoms with Crippen molar-refractivity contribution in [3.63, 3.8) is 0 Å². The van der Waals surface area contributed by atoms with E-state index in [9.17, 15) is 4.79 Å². The van der Waals surface area contributed by atoms with Gasteiger partial charge in [-0.1, -0.05) is 71.6 Å². The van der Waals surface area contributed by atoms with Gasteiger partial charge in [-0.05, 0) is 19.8 Å². The molecule has 1 unspecified atom stereocenters. The Labute approximate surface area is 159 Å². The van der Waals surface area contributed by atoms with Crippen LogP contribution in [0.15, 0.2) is 0 Å². The standard InChI is InChI=1S/C17H34O2.Nd/c1-4-7-9-11-13-15-16(17(18)19-6-3)14-12-10-8-5-2;/h16H,4-15H2,1-3H3;. The Bertz CT molecular complexity index is 207. The molecule has 0 N–H and O–H groups in total. The van der Waals surface area contributed by atoms with Crippen molar-refractivity contribution in [1.82, 2.24) is 0 Å². The van der Waals surface area contributed by atoms with Gasteiger partial charge < -0.3 is 4.74 Å². The van der Waals surface area contributed by atoms with Crippen molar-refractivity contribution in [1.29, 1.82) is 0 Å². The average molecular weight is 415 g/mol. The number of unbranched alkanes of at least 4 members (excludes halogenated alkanes) is 7. The summed E-state index contributed by atoms with van der Waals surface area (Å²) in [6.07, 6.45) is 13.3. The SMILES string of the molecule is CCCCCCCC(CCCCCC)C(=O)OCC.[Nd]. The van der Waals surface area contributed by atoms with Gasteiger partial charge in [0.2, 0.25) is 0 Å². The molecule has 0 radical (unpaired) electrons. The van der Waals surface area contributed by atoms with Crippen LogP contribution in [0.25, 0.3) is 0 Å². The number of carbonyl (C=O) groups excluding carboxylic acids is 1. The van der Waals surface area contributed by atoms with Gasteiger partial charge in [-0.2, -0.15) is 0 Å². The first-order valence-corrected chi connectivity index (χ1v) is 8.42. The molecule has 0 spiro atoms. The van der Waals surface area contributed by atoms with Gasteiger partial charge in [-0.15, -0.1) is 0 Å². The minimum Gasteiger partial charge on any atom is -0.466 e. The number of ether oxygens (including phenoxy) is 1. The molecule has 0 rings (SSSR count). The number of carbonyl (C=O) groups is 1. The van der Waals surface area contributed by atoms with Crippen LogP contribution in [0, 0.1) is 46.8 Å². The molecule has 20 heavy (non-hydrogen) atoms. The van der Waals surface area contributed by atoms with E-state index in [2.05, 4.69) is 13.8 Å². The largest absolute Gasteiger partial charge is 0.466 e. The second-order valence-electron chi connectivity index (χ2n) is 5.50. The van der Waals surface area contributed by atoms with Crippen molar-refractivity contribution in [2.75, 3.05) is 6.61 Å². The molecule has 1 atom stereocenters. The maximum absolute atomic E-state index is 11.9. The molecular weight excluding hydrogens is 380 g/mol. The fourth-order valence-electron chi connectivity index (χ4n) is 2.45. The number of esters is 1. The molecule has 0 saturated carbocycles. The van der Waals surface area contributed by atoms with Gasteiger partial charge in [0, 0.05) is 40.8 Å². The van der Waals surface area contributed by atoms with Crippen LogP contribution >= 0.6 is 0 Å². The molecule has 118 valence electrons. The van der Waals surface area contributed by atoms with E-state index in [0.717, 1.165) is 12.8 Å². The fraction of sp³-hybridized carbons (Fsp3) is 0.941. The zero-order valence-electron chi connectivity index (χ0n) is 13.9. The summed E-state index contributed by atoms with van der Waals surface area (Å²) < 4.78 is 5.20. The van der Waals surface area contributed by atoms with Gasteiger partial charge in [0.05, 0.1) is 12.5 Å². The molecule has 0 bridgehead atoms. The first-order chi connectivity index (χ1) is 9.26. The van der Waals surface area contributed by atoms with Gasteiger partial charge in [0.15, 0.2) is 0 Å². The second kappa shape index (κ2) is 17.9. The van der Waals surface area contributed by atoms with Gasteiger partial charge in [0.25, 0.3) is 0 Å². The zero-order valence-corrected chi connectivity index (χ0v) is 17.1. The molecule has 0 aromatic carbocycles. The first kappa shape index (κ1) is 23.1. The van der Waals surface area contributed by atoms with Crippen LogP contribution in [0.3, 0.4) is 0 Å². The topological polar surface area (TPSA) is 26.3 Å². The summed E-state index contributed by atoms with van der Waals surface area (Å²) in [5.74, 6) is 0.188. The molecule has 0 aliphatic carbocycles. The van der Waals surface area contributed by atoms with E-state index < -0.39 is 0 Å². The van der Waals surface area contributed by atoms with Crippen molar-refractivity contribution in [2.45, 2.75) is 91.4 Å².